The van der Waals surface area contributed by atoms with E-state index in [0.717, 1.165) is 13.0 Å². The van der Waals surface area contributed by atoms with Gasteiger partial charge >= 0.3 is 6.01 Å². The van der Waals surface area contributed by atoms with E-state index in [1.807, 2.05) is 0 Å². The standard InChI is InChI=1S/C22H21FN8O6/c1-22(34,20(33)26-11-9-12(23)16-13(10-11)37-29-18(16)24)17-19(32)30(7-8-36-17)15-4-6-31(28-15)14-3-5-25-21(27-14)35-2/h3-6,9-10,17,34H,7-8H2,1-2H3,(H2,24,29)(H,26,33)/t17-,22?/m0/s1. The first kappa shape index (κ1) is 24.1. The molecule has 1 aliphatic rings. The summed E-state index contributed by atoms with van der Waals surface area (Å²) in [5.41, 5.74) is 3.20. The molecule has 37 heavy (non-hydrogen) atoms. The number of nitrogen functional groups attached to an aromatic ring is 1. The normalized spacial score (nSPS) is 17.6. The first-order valence-corrected chi connectivity index (χ1v) is 10.9. The summed E-state index contributed by atoms with van der Waals surface area (Å²) in [6, 6.07) is 5.61. The second-order valence-corrected chi connectivity index (χ2v) is 8.26. The molecule has 0 bridgehead atoms. The quantitative estimate of drug-likeness (QED) is 0.330. The molecule has 15 heteroatoms. The van der Waals surface area contributed by atoms with Crippen LogP contribution in [0, 0.1) is 5.82 Å². The van der Waals surface area contributed by atoms with E-state index < -0.39 is 29.3 Å². The summed E-state index contributed by atoms with van der Waals surface area (Å²) in [5.74, 6) is -1.96. The number of carbonyl (C=O) groups is 2. The third-order valence-electron chi connectivity index (χ3n) is 5.76. The molecule has 192 valence electrons. The highest BCUT2D eigenvalue weighted by Crippen LogP contribution is 2.29. The fourth-order valence-corrected chi connectivity index (χ4v) is 3.85. The summed E-state index contributed by atoms with van der Waals surface area (Å²) >= 11 is 0. The van der Waals surface area contributed by atoms with Gasteiger partial charge in [-0.25, -0.2) is 14.1 Å². The van der Waals surface area contributed by atoms with Crippen LogP contribution in [-0.2, 0) is 14.3 Å². The molecule has 1 unspecified atom stereocenters. The number of morpholine rings is 1. The van der Waals surface area contributed by atoms with E-state index in [4.69, 9.17) is 19.7 Å². The molecule has 2 atom stereocenters. The Kier molecular flexibility index (Phi) is 5.93. The molecule has 1 aliphatic heterocycles. The van der Waals surface area contributed by atoms with Crippen LogP contribution in [0.25, 0.3) is 16.8 Å². The number of ether oxygens (including phenoxy) is 2. The van der Waals surface area contributed by atoms with Gasteiger partial charge in [0.1, 0.15) is 11.2 Å². The SMILES string of the molecule is COc1nccc(-n2ccc(N3CCO[C@H](C(C)(O)C(=O)Nc4cc(F)c5c(N)noc5c4)C3=O)n2)n1. The zero-order chi connectivity index (χ0) is 26.3. The van der Waals surface area contributed by atoms with Gasteiger partial charge in [0.2, 0.25) is 0 Å². The van der Waals surface area contributed by atoms with Crippen LogP contribution >= 0.6 is 0 Å². The Hall–Kier alpha value is -4.63. The number of anilines is 3. The minimum Gasteiger partial charge on any atom is -0.467 e. The van der Waals surface area contributed by atoms with Gasteiger partial charge in [-0.2, -0.15) is 4.98 Å². The van der Waals surface area contributed by atoms with Crippen molar-refractivity contribution in [2.75, 3.05) is 36.2 Å². The number of rotatable bonds is 6. The lowest BCUT2D eigenvalue weighted by molar-refractivity contribution is -0.165. The largest absolute Gasteiger partial charge is 0.467 e. The maximum Gasteiger partial charge on any atom is 0.318 e. The van der Waals surface area contributed by atoms with Crippen LogP contribution in [0.3, 0.4) is 0 Å². The van der Waals surface area contributed by atoms with Crippen molar-refractivity contribution in [1.29, 1.82) is 0 Å². The van der Waals surface area contributed by atoms with Gasteiger partial charge in [0.25, 0.3) is 11.8 Å². The minimum atomic E-state index is -2.33. The molecule has 4 aromatic rings. The first-order valence-electron chi connectivity index (χ1n) is 10.9. The van der Waals surface area contributed by atoms with Gasteiger partial charge < -0.3 is 30.2 Å². The molecule has 0 radical (unpaired) electrons. The van der Waals surface area contributed by atoms with E-state index in [1.54, 1.807) is 18.3 Å². The van der Waals surface area contributed by atoms with E-state index in [2.05, 4.69) is 25.5 Å². The Balaban J connectivity index is 1.35. The second-order valence-electron chi connectivity index (χ2n) is 8.26. The Bertz CT molecular complexity index is 1500. The van der Waals surface area contributed by atoms with Gasteiger partial charge in [0.15, 0.2) is 34.7 Å². The Morgan fingerprint density at radius 1 is 1.35 bits per heavy atom. The molecule has 0 spiro atoms. The monoisotopic (exact) mass is 512 g/mol. The number of carbonyl (C=O) groups excluding carboxylic acids is 2. The zero-order valence-electron chi connectivity index (χ0n) is 19.6. The van der Waals surface area contributed by atoms with Crippen LogP contribution in [0.15, 0.2) is 41.2 Å². The third-order valence-corrected chi connectivity index (χ3v) is 5.76. The van der Waals surface area contributed by atoms with Crippen molar-refractivity contribution in [2.24, 2.45) is 0 Å². The van der Waals surface area contributed by atoms with Crippen molar-refractivity contribution in [2.45, 2.75) is 18.6 Å². The number of aromatic nitrogens is 5. The number of hydrogen-bond donors (Lipinski definition) is 3. The predicted octanol–water partition coefficient (Wildman–Crippen LogP) is 0.655. The third kappa shape index (κ3) is 4.30. The lowest BCUT2D eigenvalue weighted by atomic mass is 9.95. The van der Waals surface area contributed by atoms with E-state index in [1.165, 1.54) is 29.0 Å². The second kappa shape index (κ2) is 9.11. The Morgan fingerprint density at radius 3 is 2.95 bits per heavy atom. The van der Waals surface area contributed by atoms with Crippen molar-refractivity contribution in [3.8, 4) is 11.8 Å². The Labute approximate surface area is 207 Å². The minimum absolute atomic E-state index is 0.000467. The highest BCUT2D eigenvalue weighted by atomic mass is 19.1. The zero-order valence-corrected chi connectivity index (χ0v) is 19.6. The van der Waals surface area contributed by atoms with Crippen LogP contribution in [-0.4, -0.2) is 73.8 Å². The number of nitrogens with one attached hydrogen (secondary N) is 1. The summed E-state index contributed by atoms with van der Waals surface area (Å²) < 4.78 is 31.3. The molecule has 1 aromatic carbocycles. The molecular formula is C22H21FN8O6. The van der Waals surface area contributed by atoms with Crippen molar-refractivity contribution >= 4 is 40.1 Å². The van der Waals surface area contributed by atoms with Crippen LogP contribution < -0.4 is 20.7 Å². The highest BCUT2D eigenvalue weighted by Gasteiger charge is 2.49. The summed E-state index contributed by atoms with van der Waals surface area (Å²) in [7, 11) is 1.43. The first-order chi connectivity index (χ1) is 17.7. The molecule has 2 amide bonds. The van der Waals surface area contributed by atoms with Crippen LogP contribution in [0.5, 0.6) is 6.01 Å². The topological polar surface area (TPSA) is 184 Å². The smallest absolute Gasteiger partial charge is 0.318 e. The number of aliphatic hydroxyl groups is 1. The molecular weight excluding hydrogens is 491 g/mol. The fourth-order valence-electron chi connectivity index (χ4n) is 3.85. The number of fused-ring (bicyclic) bond motifs is 1. The number of nitrogens with two attached hydrogens (primary N) is 1. The molecule has 0 saturated carbocycles. The summed E-state index contributed by atoms with van der Waals surface area (Å²) in [4.78, 5) is 35.7. The van der Waals surface area contributed by atoms with Crippen molar-refractivity contribution in [3.63, 3.8) is 0 Å². The molecule has 1 saturated heterocycles. The van der Waals surface area contributed by atoms with Crippen molar-refractivity contribution in [3.05, 3.63) is 42.5 Å². The molecule has 1 fully saturated rings. The lowest BCUT2D eigenvalue weighted by Gasteiger charge is -2.37. The predicted molar refractivity (Wildman–Crippen MR) is 125 cm³/mol. The van der Waals surface area contributed by atoms with E-state index in [9.17, 15) is 19.1 Å². The number of amides is 2. The Morgan fingerprint density at radius 2 is 2.16 bits per heavy atom. The molecule has 5 rings (SSSR count). The lowest BCUT2D eigenvalue weighted by Crippen LogP contribution is -2.61. The number of hydrogen-bond acceptors (Lipinski definition) is 11. The van der Waals surface area contributed by atoms with Crippen LogP contribution in [0.4, 0.5) is 21.7 Å². The van der Waals surface area contributed by atoms with Gasteiger partial charge in [-0.15, -0.1) is 5.10 Å². The average molecular weight is 512 g/mol. The average Bonchev–Trinajstić information content (AvgIpc) is 3.51. The maximum absolute atomic E-state index is 14.4. The van der Waals surface area contributed by atoms with Gasteiger partial charge in [-0.05, 0) is 13.0 Å². The summed E-state index contributed by atoms with van der Waals surface area (Å²) in [5, 5.41) is 21.2. The molecule has 4 N–H and O–H groups in total. The number of halogens is 1. The van der Waals surface area contributed by atoms with E-state index in [-0.39, 0.29) is 47.5 Å². The van der Waals surface area contributed by atoms with Gasteiger partial charge in [-0.3, -0.25) is 14.5 Å². The molecule has 14 nitrogen and oxygen atoms in total. The molecule has 4 heterocycles. The summed E-state index contributed by atoms with van der Waals surface area (Å²) in [6.45, 7) is 1.28. The number of methoxy groups -OCH3 is 1. The van der Waals surface area contributed by atoms with Crippen LogP contribution in [0.1, 0.15) is 6.92 Å². The summed E-state index contributed by atoms with van der Waals surface area (Å²) in [6.07, 6.45) is 1.51. The maximum atomic E-state index is 14.4. The number of benzene rings is 1. The highest BCUT2D eigenvalue weighted by molar-refractivity contribution is 6.06. The number of nitrogens with zero attached hydrogens (tertiary/aromatic N) is 6. The van der Waals surface area contributed by atoms with Crippen molar-refractivity contribution in [1.82, 2.24) is 24.9 Å². The van der Waals surface area contributed by atoms with Gasteiger partial charge in [0.05, 0.1) is 20.3 Å². The van der Waals surface area contributed by atoms with Crippen LogP contribution in [0.2, 0.25) is 0 Å². The van der Waals surface area contributed by atoms with Crippen molar-refractivity contribution < 1.29 is 33.1 Å². The fraction of sp³-hybridized carbons (Fsp3) is 0.273. The molecule has 0 aliphatic carbocycles. The van der Waals surface area contributed by atoms with E-state index >= 15 is 0 Å². The van der Waals surface area contributed by atoms with Gasteiger partial charge in [-0.1, -0.05) is 5.16 Å². The molecule has 3 aromatic heterocycles. The van der Waals surface area contributed by atoms with E-state index in [0.29, 0.717) is 5.82 Å². The van der Waals surface area contributed by atoms with Gasteiger partial charge in [0, 0.05) is 36.3 Å².